The second-order valence-electron chi connectivity index (χ2n) is 7.12. The summed E-state index contributed by atoms with van der Waals surface area (Å²) in [7, 11) is 1.18. The first-order valence-electron chi connectivity index (χ1n) is 8.45. The molecule has 0 saturated heterocycles. The normalized spacial score (nSPS) is 18.9. The second kappa shape index (κ2) is 7.83. The van der Waals surface area contributed by atoms with Gasteiger partial charge in [-0.25, -0.2) is 9.18 Å². The zero-order valence-electron chi connectivity index (χ0n) is 16.0. The molecule has 0 radical (unpaired) electrons. The number of oxime groups is 1. The number of para-hydroxylation sites is 1. The molecule has 1 aromatic carbocycles. The van der Waals surface area contributed by atoms with E-state index in [-0.39, 0.29) is 29.8 Å². The second-order valence-corrected chi connectivity index (χ2v) is 7.12. The lowest BCUT2D eigenvalue weighted by Crippen LogP contribution is -2.57. The van der Waals surface area contributed by atoms with Crippen molar-refractivity contribution < 1.29 is 33.5 Å². The van der Waals surface area contributed by atoms with Gasteiger partial charge in [0.15, 0.2) is 5.54 Å². The number of carbonyl (C=O) groups excluding carboxylic acids is 3. The largest absolute Gasteiger partial charge is 0.469 e. The van der Waals surface area contributed by atoms with E-state index in [4.69, 9.17) is 4.74 Å². The molecule has 0 saturated carbocycles. The quantitative estimate of drug-likeness (QED) is 0.304. The number of amides is 2. The first-order chi connectivity index (χ1) is 13.0. The van der Waals surface area contributed by atoms with Gasteiger partial charge in [-0.05, 0) is 26.8 Å². The van der Waals surface area contributed by atoms with Gasteiger partial charge in [0.2, 0.25) is 0 Å². The van der Waals surface area contributed by atoms with Gasteiger partial charge in [0.05, 0.1) is 24.9 Å². The van der Waals surface area contributed by atoms with E-state index in [9.17, 15) is 24.0 Å². The highest BCUT2D eigenvalue weighted by molar-refractivity contribution is 6.23. The number of esters is 1. The number of hydrogen-bond acceptors (Lipinski definition) is 7. The molecule has 1 atom stereocenters. The molecule has 10 heteroatoms. The lowest BCUT2D eigenvalue weighted by molar-refractivity contribution is -0.140. The number of halogens is 1. The van der Waals surface area contributed by atoms with Gasteiger partial charge in [-0.2, -0.15) is 0 Å². The van der Waals surface area contributed by atoms with Crippen molar-refractivity contribution in [2.45, 2.75) is 44.8 Å². The Bertz CT molecular complexity index is 833. The molecule has 0 unspecified atom stereocenters. The van der Waals surface area contributed by atoms with Crippen LogP contribution >= 0.6 is 0 Å². The molecule has 2 amide bonds. The molecule has 0 aliphatic carbocycles. The topological polar surface area (TPSA) is 126 Å². The molecule has 1 aliphatic heterocycles. The standard InChI is InChI=1S/C18H22FN3O6/c1-17(2,3)28-16(25)21-18(12(22-26)8-9-13(23)27-4)10-6-5-7-11(19)14(10)20-15(18)24/h5-7,26H,8-9H2,1-4H3,(H,20,24)(H,21,25)/b22-12+/t18-/m0/s1. The van der Waals surface area contributed by atoms with Crippen LogP contribution in [0.15, 0.2) is 23.4 Å². The number of hydrogen-bond donors (Lipinski definition) is 3. The van der Waals surface area contributed by atoms with Gasteiger partial charge < -0.3 is 20.0 Å². The monoisotopic (exact) mass is 395 g/mol. The minimum atomic E-state index is -2.05. The van der Waals surface area contributed by atoms with Crippen molar-refractivity contribution in [3.63, 3.8) is 0 Å². The SMILES string of the molecule is COC(=O)CC/C(=N\O)[C@]1(NC(=O)OC(C)(C)C)C(=O)Nc2c(F)cccc21. The van der Waals surface area contributed by atoms with Crippen molar-refractivity contribution in [2.75, 3.05) is 12.4 Å². The summed E-state index contributed by atoms with van der Waals surface area (Å²) >= 11 is 0. The van der Waals surface area contributed by atoms with Crippen LogP contribution in [0.1, 0.15) is 39.2 Å². The van der Waals surface area contributed by atoms with Crippen molar-refractivity contribution in [1.82, 2.24) is 5.32 Å². The number of benzene rings is 1. The van der Waals surface area contributed by atoms with Gasteiger partial charge in [-0.3, -0.25) is 14.9 Å². The summed E-state index contributed by atoms with van der Waals surface area (Å²) in [5.74, 6) is -2.20. The summed E-state index contributed by atoms with van der Waals surface area (Å²) < 4.78 is 24.0. The Hall–Kier alpha value is -3.17. The van der Waals surface area contributed by atoms with Gasteiger partial charge in [0.1, 0.15) is 11.4 Å². The van der Waals surface area contributed by atoms with Crippen molar-refractivity contribution in [1.29, 1.82) is 0 Å². The predicted molar refractivity (Wildman–Crippen MR) is 96.5 cm³/mol. The number of methoxy groups -OCH3 is 1. The van der Waals surface area contributed by atoms with E-state index in [0.717, 1.165) is 6.07 Å². The highest BCUT2D eigenvalue weighted by Crippen LogP contribution is 2.40. The fourth-order valence-corrected chi connectivity index (χ4v) is 2.87. The Balaban J connectivity index is 2.54. The number of carbonyl (C=O) groups is 3. The number of fused-ring (bicyclic) bond motifs is 1. The van der Waals surface area contributed by atoms with Crippen LogP contribution in [0.25, 0.3) is 0 Å². The number of rotatable bonds is 5. The van der Waals surface area contributed by atoms with Crippen LogP contribution in [-0.2, 0) is 24.6 Å². The van der Waals surface area contributed by atoms with Gasteiger partial charge in [0.25, 0.3) is 5.91 Å². The van der Waals surface area contributed by atoms with Crippen LogP contribution in [0.4, 0.5) is 14.9 Å². The third-order valence-corrected chi connectivity index (χ3v) is 4.03. The van der Waals surface area contributed by atoms with E-state index in [1.165, 1.54) is 19.2 Å². The average molecular weight is 395 g/mol. The van der Waals surface area contributed by atoms with E-state index < -0.39 is 34.9 Å². The molecular weight excluding hydrogens is 373 g/mol. The zero-order chi connectivity index (χ0) is 21.1. The molecule has 2 rings (SSSR count). The van der Waals surface area contributed by atoms with Crippen LogP contribution in [-0.4, -0.2) is 41.6 Å². The first kappa shape index (κ1) is 21.1. The molecular formula is C18H22FN3O6. The zero-order valence-corrected chi connectivity index (χ0v) is 16.0. The van der Waals surface area contributed by atoms with Gasteiger partial charge in [-0.1, -0.05) is 17.3 Å². The Kier molecular flexibility index (Phi) is 5.91. The lowest BCUT2D eigenvalue weighted by atomic mass is 9.84. The molecule has 28 heavy (non-hydrogen) atoms. The van der Waals surface area contributed by atoms with Crippen molar-refractivity contribution in [3.8, 4) is 0 Å². The fraction of sp³-hybridized carbons (Fsp3) is 0.444. The van der Waals surface area contributed by atoms with Crippen LogP contribution in [0.3, 0.4) is 0 Å². The number of nitrogens with zero attached hydrogens (tertiary/aromatic N) is 1. The molecule has 1 aliphatic rings. The minimum Gasteiger partial charge on any atom is -0.469 e. The van der Waals surface area contributed by atoms with Crippen LogP contribution in [0.5, 0.6) is 0 Å². The predicted octanol–water partition coefficient (Wildman–Crippen LogP) is 2.28. The molecule has 3 N–H and O–H groups in total. The molecule has 152 valence electrons. The number of nitrogens with one attached hydrogen (secondary N) is 2. The van der Waals surface area contributed by atoms with Crippen LogP contribution in [0.2, 0.25) is 0 Å². The third-order valence-electron chi connectivity index (χ3n) is 4.03. The molecule has 0 aromatic heterocycles. The van der Waals surface area contributed by atoms with Gasteiger partial charge in [-0.15, -0.1) is 0 Å². The molecule has 9 nitrogen and oxygen atoms in total. The van der Waals surface area contributed by atoms with E-state index >= 15 is 0 Å². The Morgan fingerprint density at radius 3 is 2.57 bits per heavy atom. The number of anilines is 1. The van der Waals surface area contributed by atoms with E-state index in [1.54, 1.807) is 20.8 Å². The molecule has 1 aromatic rings. The summed E-state index contributed by atoms with van der Waals surface area (Å²) in [5.41, 5.74) is -3.34. The highest BCUT2D eigenvalue weighted by Gasteiger charge is 2.54. The van der Waals surface area contributed by atoms with Crippen LogP contribution < -0.4 is 10.6 Å². The molecule has 0 bridgehead atoms. The molecule has 0 fully saturated rings. The van der Waals surface area contributed by atoms with Crippen molar-refractivity contribution in [3.05, 3.63) is 29.6 Å². The molecule has 0 spiro atoms. The summed E-state index contributed by atoms with van der Waals surface area (Å²) in [6, 6.07) is 3.87. The smallest absolute Gasteiger partial charge is 0.409 e. The third kappa shape index (κ3) is 4.05. The Morgan fingerprint density at radius 2 is 2.00 bits per heavy atom. The summed E-state index contributed by atoms with van der Waals surface area (Å²) in [4.78, 5) is 36.8. The highest BCUT2D eigenvalue weighted by atomic mass is 19.1. The Labute approximate surface area is 160 Å². The van der Waals surface area contributed by atoms with E-state index in [1.807, 2.05) is 0 Å². The maximum Gasteiger partial charge on any atom is 0.409 e. The van der Waals surface area contributed by atoms with Gasteiger partial charge >= 0.3 is 12.1 Å². The maximum atomic E-state index is 14.2. The van der Waals surface area contributed by atoms with Crippen LogP contribution in [0, 0.1) is 5.82 Å². The summed E-state index contributed by atoms with van der Waals surface area (Å²) in [6.07, 6.45) is -1.45. The maximum absolute atomic E-state index is 14.2. The minimum absolute atomic E-state index is 0.0287. The lowest BCUT2D eigenvalue weighted by Gasteiger charge is -2.30. The van der Waals surface area contributed by atoms with E-state index in [0.29, 0.717) is 0 Å². The van der Waals surface area contributed by atoms with E-state index in [2.05, 4.69) is 20.5 Å². The molecule has 1 heterocycles. The first-order valence-corrected chi connectivity index (χ1v) is 8.45. The van der Waals surface area contributed by atoms with Crippen molar-refractivity contribution >= 4 is 29.4 Å². The average Bonchev–Trinajstić information content (AvgIpc) is 2.88. The summed E-state index contributed by atoms with van der Waals surface area (Å²) in [5, 5.41) is 17.4. The Morgan fingerprint density at radius 1 is 1.32 bits per heavy atom. The summed E-state index contributed by atoms with van der Waals surface area (Å²) in [6.45, 7) is 4.87. The van der Waals surface area contributed by atoms with Gasteiger partial charge in [0, 0.05) is 12.0 Å². The number of ether oxygens (including phenoxy) is 2. The fourth-order valence-electron chi connectivity index (χ4n) is 2.87. The van der Waals surface area contributed by atoms with Crippen molar-refractivity contribution in [2.24, 2.45) is 5.16 Å². The number of alkyl carbamates (subject to hydrolysis) is 1.